The van der Waals surface area contributed by atoms with Crippen molar-refractivity contribution in [2.45, 2.75) is 26.8 Å². The maximum absolute atomic E-state index is 12.1. The van der Waals surface area contributed by atoms with Gasteiger partial charge in [-0.25, -0.2) is 9.67 Å². The Morgan fingerprint density at radius 3 is 2.95 bits per heavy atom. The quantitative estimate of drug-likeness (QED) is 0.864. The number of nitrogens with zero attached hydrogens (tertiary/aromatic N) is 3. The van der Waals surface area contributed by atoms with E-state index in [0.29, 0.717) is 16.9 Å². The maximum atomic E-state index is 12.1. The van der Waals surface area contributed by atoms with Gasteiger partial charge in [-0.15, -0.1) is 11.3 Å². The minimum Gasteiger partial charge on any atom is -0.382 e. The lowest BCUT2D eigenvalue weighted by Gasteiger charge is -2.11. The van der Waals surface area contributed by atoms with Crippen LogP contribution in [0.3, 0.4) is 0 Å². The molecule has 2 rings (SSSR count). The molecule has 0 atom stereocenters. The number of aromatic nitrogens is 3. The molecule has 0 bridgehead atoms. The van der Waals surface area contributed by atoms with Gasteiger partial charge in [-0.05, 0) is 21.8 Å². The summed E-state index contributed by atoms with van der Waals surface area (Å²) in [5.74, 6) is 0.385. The van der Waals surface area contributed by atoms with Crippen LogP contribution in [-0.2, 0) is 13.0 Å². The van der Waals surface area contributed by atoms with Gasteiger partial charge >= 0.3 is 0 Å². The summed E-state index contributed by atoms with van der Waals surface area (Å²) >= 11 is 4.94. The van der Waals surface area contributed by atoms with Crippen LogP contribution in [-0.4, -0.2) is 21.3 Å². The van der Waals surface area contributed by atoms with Crippen LogP contribution in [0.25, 0.3) is 0 Å². The number of anilines is 1. The molecule has 5 nitrogen and oxygen atoms in total. The van der Waals surface area contributed by atoms with E-state index < -0.39 is 0 Å². The third-order valence-corrected chi connectivity index (χ3v) is 4.10. The molecule has 0 aliphatic heterocycles. The minimum absolute atomic E-state index is 0.0997. The van der Waals surface area contributed by atoms with Crippen molar-refractivity contribution in [3.8, 4) is 0 Å². The molecular weight excluding hydrogens is 340 g/mol. The Morgan fingerprint density at radius 1 is 1.50 bits per heavy atom. The van der Waals surface area contributed by atoms with E-state index in [1.54, 1.807) is 17.5 Å². The first kappa shape index (κ1) is 15.2. The van der Waals surface area contributed by atoms with Crippen LogP contribution < -0.4 is 10.9 Å². The van der Waals surface area contributed by atoms with E-state index in [1.807, 2.05) is 10.9 Å². The molecule has 0 aromatic carbocycles. The Hall–Kier alpha value is -1.21. The van der Waals surface area contributed by atoms with Crippen LogP contribution in [0.4, 0.5) is 5.69 Å². The van der Waals surface area contributed by atoms with Crippen LogP contribution in [0.1, 0.15) is 19.5 Å². The van der Waals surface area contributed by atoms with E-state index in [9.17, 15) is 4.79 Å². The zero-order valence-corrected chi connectivity index (χ0v) is 13.9. The number of hydrogen-bond acceptors (Lipinski definition) is 5. The van der Waals surface area contributed by atoms with Crippen molar-refractivity contribution in [1.29, 1.82) is 0 Å². The molecule has 1 N–H and O–H groups in total. The molecule has 0 saturated carbocycles. The fourth-order valence-electron chi connectivity index (χ4n) is 1.75. The average Bonchev–Trinajstić information content (AvgIpc) is 2.90. The largest absolute Gasteiger partial charge is 0.382 e. The summed E-state index contributed by atoms with van der Waals surface area (Å²) in [7, 11) is 0. The first-order valence-electron chi connectivity index (χ1n) is 6.44. The zero-order valence-electron chi connectivity index (χ0n) is 11.5. The van der Waals surface area contributed by atoms with Crippen LogP contribution in [0.5, 0.6) is 0 Å². The van der Waals surface area contributed by atoms with Gasteiger partial charge in [0.2, 0.25) is 0 Å². The summed E-state index contributed by atoms with van der Waals surface area (Å²) < 4.78 is 2.02. The minimum atomic E-state index is -0.0997. The fraction of sp³-hybridized carbons (Fsp3) is 0.462. The topological polar surface area (TPSA) is 59.8 Å². The van der Waals surface area contributed by atoms with Gasteiger partial charge in [0.25, 0.3) is 5.56 Å². The first-order chi connectivity index (χ1) is 9.58. The molecule has 0 unspecified atom stereocenters. The molecule has 0 radical (unpaired) electrons. The smallest absolute Gasteiger partial charge is 0.283 e. The highest BCUT2D eigenvalue weighted by atomic mass is 79.9. The number of nitrogens with one attached hydrogen (secondary N) is 1. The second-order valence-corrected chi connectivity index (χ2v) is 6.42. The first-order valence-corrected chi connectivity index (χ1v) is 8.18. The van der Waals surface area contributed by atoms with Gasteiger partial charge < -0.3 is 5.32 Å². The third kappa shape index (κ3) is 3.89. The molecule has 20 heavy (non-hydrogen) atoms. The maximum Gasteiger partial charge on any atom is 0.283 e. The molecular formula is C13H17BrN4OS. The monoisotopic (exact) mass is 356 g/mol. The lowest BCUT2D eigenvalue weighted by Crippen LogP contribution is -2.26. The van der Waals surface area contributed by atoms with Crippen molar-refractivity contribution in [1.82, 2.24) is 14.8 Å². The SMILES string of the molecule is CC(C)Cn1ncc(NCCc2cscn2)c(Br)c1=O. The Kier molecular flexibility index (Phi) is 5.31. The van der Waals surface area contributed by atoms with Gasteiger partial charge in [-0.3, -0.25) is 4.79 Å². The summed E-state index contributed by atoms with van der Waals surface area (Å²) in [5.41, 5.74) is 3.50. The molecule has 0 aliphatic rings. The van der Waals surface area contributed by atoms with Gasteiger partial charge in [-0.2, -0.15) is 5.10 Å². The number of halogens is 1. The molecule has 0 spiro atoms. The van der Waals surface area contributed by atoms with Crippen LogP contribution in [0.2, 0.25) is 0 Å². The van der Waals surface area contributed by atoms with E-state index in [0.717, 1.165) is 24.3 Å². The van der Waals surface area contributed by atoms with E-state index in [1.165, 1.54) is 4.68 Å². The van der Waals surface area contributed by atoms with E-state index in [-0.39, 0.29) is 5.56 Å². The van der Waals surface area contributed by atoms with Crippen molar-refractivity contribution in [3.05, 3.63) is 37.6 Å². The van der Waals surface area contributed by atoms with E-state index in [2.05, 4.69) is 45.2 Å². The number of rotatable bonds is 6. The summed E-state index contributed by atoms with van der Waals surface area (Å²) in [6.07, 6.45) is 2.51. The highest BCUT2D eigenvalue weighted by Gasteiger charge is 2.09. The second-order valence-electron chi connectivity index (χ2n) is 4.91. The van der Waals surface area contributed by atoms with Crippen molar-refractivity contribution >= 4 is 33.0 Å². The van der Waals surface area contributed by atoms with Crippen LogP contribution in [0.15, 0.2) is 26.4 Å². The van der Waals surface area contributed by atoms with Gasteiger partial charge in [0.05, 0.1) is 23.1 Å². The lowest BCUT2D eigenvalue weighted by molar-refractivity contribution is 0.462. The summed E-state index contributed by atoms with van der Waals surface area (Å²) in [5, 5.41) is 9.43. The molecule has 0 saturated heterocycles. The molecule has 2 aromatic heterocycles. The van der Waals surface area contributed by atoms with E-state index in [4.69, 9.17) is 0 Å². The lowest BCUT2D eigenvalue weighted by atomic mass is 10.2. The zero-order chi connectivity index (χ0) is 14.5. The van der Waals surface area contributed by atoms with Crippen molar-refractivity contribution in [3.63, 3.8) is 0 Å². The van der Waals surface area contributed by atoms with Crippen molar-refractivity contribution < 1.29 is 0 Å². The Morgan fingerprint density at radius 2 is 2.30 bits per heavy atom. The predicted octanol–water partition coefficient (Wildman–Crippen LogP) is 2.77. The molecule has 7 heteroatoms. The second kappa shape index (κ2) is 6.99. The van der Waals surface area contributed by atoms with Gasteiger partial charge in [0.1, 0.15) is 4.47 Å². The number of hydrogen-bond donors (Lipinski definition) is 1. The molecule has 0 amide bonds. The van der Waals surface area contributed by atoms with Gasteiger partial charge in [0.15, 0.2) is 0 Å². The van der Waals surface area contributed by atoms with Crippen LogP contribution in [0, 0.1) is 5.92 Å². The Balaban J connectivity index is 2.02. The average molecular weight is 357 g/mol. The van der Waals surface area contributed by atoms with Gasteiger partial charge in [0, 0.05) is 24.9 Å². The van der Waals surface area contributed by atoms with Gasteiger partial charge in [-0.1, -0.05) is 13.8 Å². The van der Waals surface area contributed by atoms with E-state index >= 15 is 0 Å². The molecule has 0 fully saturated rings. The normalized spacial score (nSPS) is 11.0. The Labute approximate surface area is 130 Å². The highest BCUT2D eigenvalue weighted by molar-refractivity contribution is 9.10. The highest BCUT2D eigenvalue weighted by Crippen LogP contribution is 2.16. The van der Waals surface area contributed by atoms with Crippen molar-refractivity contribution in [2.24, 2.45) is 5.92 Å². The fourth-order valence-corrected chi connectivity index (χ4v) is 2.79. The van der Waals surface area contributed by atoms with Crippen molar-refractivity contribution in [2.75, 3.05) is 11.9 Å². The third-order valence-electron chi connectivity index (χ3n) is 2.70. The standard InChI is InChI=1S/C13H17BrN4OS/c1-9(2)6-18-13(19)12(14)11(5-17-18)15-4-3-10-7-20-8-16-10/h5,7-9,15H,3-4,6H2,1-2H3. The summed E-state index contributed by atoms with van der Waals surface area (Å²) in [6.45, 7) is 5.46. The molecule has 2 heterocycles. The van der Waals surface area contributed by atoms with Crippen LogP contribution >= 0.6 is 27.3 Å². The molecule has 2 aromatic rings. The number of thiazole rings is 1. The molecule has 0 aliphatic carbocycles. The summed E-state index contributed by atoms with van der Waals surface area (Å²) in [6, 6.07) is 0. The predicted molar refractivity (Wildman–Crippen MR) is 85.3 cm³/mol. The molecule has 108 valence electrons. The Bertz CT molecular complexity index is 609. The summed E-state index contributed by atoms with van der Waals surface area (Å²) in [4.78, 5) is 16.3.